The molecule has 0 aliphatic rings. The van der Waals surface area contributed by atoms with Crippen molar-refractivity contribution in [1.82, 2.24) is 5.32 Å². The number of ether oxygens (including phenoxy) is 1. The molecule has 2 N–H and O–H groups in total. The molecule has 3 heteroatoms. The van der Waals surface area contributed by atoms with Crippen molar-refractivity contribution in [2.24, 2.45) is 0 Å². The zero-order valence-corrected chi connectivity index (χ0v) is 11.8. The number of aliphatic hydroxyl groups excluding tert-OH is 1. The van der Waals surface area contributed by atoms with E-state index < -0.39 is 0 Å². The summed E-state index contributed by atoms with van der Waals surface area (Å²) in [6, 6.07) is 16.0. The number of rotatable bonds is 7. The van der Waals surface area contributed by atoms with Gasteiger partial charge in [-0.25, -0.2) is 0 Å². The van der Waals surface area contributed by atoms with E-state index in [0.717, 1.165) is 35.5 Å². The van der Waals surface area contributed by atoms with Crippen molar-refractivity contribution in [1.29, 1.82) is 0 Å². The van der Waals surface area contributed by atoms with Gasteiger partial charge in [-0.15, -0.1) is 0 Å². The first-order valence-corrected chi connectivity index (χ1v) is 6.94. The molecule has 0 spiro atoms. The van der Waals surface area contributed by atoms with Gasteiger partial charge in [0.05, 0.1) is 13.2 Å². The minimum absolute atomic E-state index is 0.0768. The number of aliphatic hydroxyl groups is 1. The van der Waals surface area contributed by atoms with Crippen molar-refractivity contribution in [3.05, 3.63) is 65.2 Å². The van der Waals surface area contributed by atoms with Crippen LogP contribution in [0.15, 0.2) is 48.5 Å². The van der Waals surface area contributed by atoms with Gasteiger partial charge in [0.2, 0.25) is 0 Å². The molecule has 0 aromatic heterocycles. The van der Waals surface area contributed by atoms with Gasteiger partial charge >= 0.3 is 0 Å². The summed E-state index contributed by atoms with van der Waals surface area (Å²) in [6.45, 7) is 4.21. The summed E-state index contributed by atoms with van der Waals surface area (Å²) in [5.74, 6) is 0.929. The second-order valence-electron chi connectivity index (χ2n) is 4.57. The SMILES string of the molecule is CCOc1ccccc1CNCc1ccccc1CO. The van der Waals surface area contributed by atoms with Crippen LogP contribution in [-0.4, -0.2) is 11.7 Å². The monoisotopic (exact) mass is 271 g/mol. The molecule has 106 valence electrons. The van der Waals surface area contributed by atoms with E-state index in [9.17, 15) is 5.11 Å². The van der Waals surface area contributed by atoms with Crippen LogP contribution < -0.4 is 10.1 Å². The summed E-state index contributed by atoms with van der Waals surface area (Å²) in [5, 5.41) is 12.7. The zero-order chi connectivity index (χ0) is 14.2. The molecule has 0 amide bonds. The molecule has 0 unspecified atom stereocenters. The van der Waals surface area contributed by atoms with Crippen LogP contribution in [0.3, 0.4) is 0 Å². The minimum Gasteiger partial charge on any atom is -0.494 e. The zero-order valence-electron chi connectivity index (χ0n) is 11.8. The van der Waals surface area contributed by atoms with Crippen LogP contribution in [0.5, 0.6) is 5.75 Å². The lowest BCUT2D eigenvalue weighted by Crippen LogP contribution is -2.14. The van der Waals surface area contributed by atoms with Gasteiger partial charge in [0.25, 0.3) is 0 Å². The Hall–Kier alpha value is -1.84. The fourth-order valence-corrected chi connectivity index (χ4v) is 2.16. The lowest BCUT2D eigenvalue weighted by molar-refractivity contribution is 0.280. The van der Waals surface area contributed by atoms with Gasteiger partial charge in [0.1, 0.15) is 5.75 Å². The topological polar surface area (TPSA) is 41.5 Å². The molecule has 0 saturated heterocycles. The molecule has 0 radical (unpaired) electrons. The summed E-state index contributed by atoms with van der Waals surface area (Å²) in [7, 11) is 0. The van der Waals surface area contributed by atoms with Crippen LogP contribution in [0.25, 0.3) is 0 Å². The quantitative estimate of drug-likeness (QED) is 0.813. The van der Waals surface area contributed by atoms with E-state index in [0.29, 0.717) is 6.61 Å². The first-order chi connectivity index (χ1) is 9.85. The Morgan fingerprint density at radius 3 is 2.20 bits per heavy atom. The van der Waals surface area contributed by atoms with Crippen LogP contribution in [0, 0.1) is 0 Å². The van der Waals surface area contributed by atoms with Crippen molar-refractivity contribution in [3.8, 4) is 5.75 Å². The van der Waals surface area contributed by atoms with E-state index in [4.69, 9.17) is 4.74 Å². The normalized spacial score (nSPS) is 10.5. The molecule has 2 aromatic rings. The molecule has 0 aliphatic heterocycles. The summed E-state index contributed by atoms with van der Waals surface area (Å²) >= 11 is 0. The molecule has 0 saturated carbocycles. The van der Waals surface area contributed by atoms with Crippen LogP contribution in [0.4, 0.5) is 0 Å². The molecular weight excluding hydrogens is 250 g/mol. The molecule has 20 heavy (non-hydrogen) atoms. The predicted molar refractivity (Wildman–Crippen MR) is 80.5 cm³/mol. The average Bonchev–Trinajstić information content (AvgIpc) is 2.50. The Labute approximate surface area is 120 Å². The van der Waals surface area contributed by atoms with E-state index in [-0.39, 0.29) is 6.61 Å². The van der Waals surface area contributed by atoms with Crippen LogP contribution in [0.1, 0.15) is 23.6 Å². The number of hydrogen-bond acceptors (Lipinski definition) is 3. The Morgan fingerprint density at radius 2 is 1.50 bits per heavy atom. The van der Waals surface area contributed by atoms with Gasteiger partial charge in [0.15, 0.2) is 0 Å². The number of nitrogens with one attached hydrogen (secondary N) is 1. The molecule has 0 bridgehead atoms. The van der Waals surface area contributed by atoms with E-state index in [1.807, 2.05) is 49.4 Å². The number of hydrogen-bond donors (Lipinski definition) is 2. The Bertz CT molecular complexity index is 540. The highest BCUT2D eigenvalue weighted by atomic mass is 16.5. The maximum absolute atomic E-state index is 9.30. The maximum Gasteiger partial charge on any atom is 0.123 e. The van der Waals surface area contributed by atoms with Gasteiger partial charge in [-0.1, -0.05) is 42.5 Å². The summed E-state index contributed by atoms with van der Waals surface area (Å²) in [5.41, 5.74) is 3.25. The van der Waals surface area contributed by atoms with E-state index in [1.165, 1.54) is 0 Å². The highest BCUT2D eigenvalue weighted by Crippen LogP contribution is 2.18. The van der Waals surface area contributed by atoms with Crippen molar-refractivity contribution >= 4 is 0 Å². The Balaban J connectivity index is 1.96. The second kappa shape index (κ2) is 7.68. The predicted octanol–water partition coefficient (Wildman–Crippen LogP) is 2.87. The largest absolute Gasteiger partial charge is 0.494 e. The first kappa shape index (κ1) is 14.6. The molecule has 0 atom stereocenters. The van der Waals surface area contributed by atoms with E-state index >= 15 is 0 Å². The summed E-state index contributed by atoms with van der Waals surface area (Å²) in [6.07, 6.45) is 0. The molecular formula is C17H21NO2. The number of para-hydroxylation sites is 1. The van der Waals surface area contributed by atoms with Crippen LogP contribution in [0.2, 0.25) is 0 Å². The number of benzene rings is 2. The lowest BCUT2D eigenvalue weighted by atomic mass is 10.1. The van der Waals surface area contributed by atoms with Gasteiger partial charge < -0.3 is 15.2 Å². The van der Waals surface area contributed by atoms with Gasteiger partial charge in [-0.05, 0) is 24.1 Å². The van der Waals surface area contributed by atoms with Crippen molar-refractivity contribution in [2.45, 2.75) is 26.6 Å². The fraction of sp³-hybridized carbons (Fsp3) is 0.294. The highest BCUT2D eigenvalue weighted by molar-refractivity contribution is 5.33. The standard InChI is InChI=1S/C17H21NO2/c1-2-20-17-10-6-5-8-15(17)12-18-11-14-7-3-4-9-16(14)13-19/h3-10,18-19H,2,11-13H2,1H3. The Kier molecular flexibility index (Phi) is 5.59. The van der Waals surface area contributed by atoms with E-state index in [1.54, 1.807) is 0 Å². The maximum atomic E-state index is 9.30. The van der Waals surface area contributed by atoms with Gasteiger partial charge in [-0.2, -0.15) is 0 Å². The first-order valence-electron chi connectivity index (χ1n) is 6.94. The van der Waals surface area contributed by atoms with E-state index in [2.05, 4.69) is 11.4 Å². The Morgan fingerprint density at radius 1 is 0.900 bits per heavy atom. The third kappa shape index (κ3) is 3.83. The molecule has 2 rings (SSSR count). The molecule has 0 aliphatic carbocycles. The van der Waals surface area contributed by atoms with Crippen molar-refractivity contribution in [3.63, 3.8) is 0 Å². The lowest BCUT2D eigenvalue weighted by Gasteiger charge is -2.12. The van der Waals surface area contributed by atoms with Crippen molar-refractivity contribution in [2.75, 3.05) is 6.61 Å². The molecule has 0 heterocycles. The van der Waals surface area contributed by atoms with Gasteiger partial charge in [-0.3, -0.25) is 0 Å². The third-order valence-electron chi connectivity index (χ3n) is 3.19. The summed E-state index contributed by atoms with van der Waals surface area (Å²) < 4.78 is 5.60. The van der Waals surface area contributed by atoms with Gasteiger partial charge in [0, 0.05) is 18.7 Å². The fourth-order valence-electron chi connectivity index (χ4n) is 2.16. The minimum atomic E-state index is 0.0768. The smallest absolute Gasteiger partial charge is 0.123 e. The third-order valence-corrected chi connectivity index (χ3v) is 3.19. The highest BCUT2D eigenvalue weighted by Gasteiger charge is 2.03. The van der Waals surface area contributed by atoms with Crippen molar-refractivity contribution < 1.29 is 9.84 Å². The molecule has 2 aromatic carbocycles. The average molecular weight is 271 g/mol. The van der Waals surface area contributed by atoms with Crippen LogP contribution >= 0.6 is 0 Å². The van der Waals surface area contributed by atoms with Crippen LogP contribution in [-0.2, 0) is 19.7 Å². The summed E-state index contributed by atoms with van der Waals surface area (Å²) in [4.78, 5) is 0. The molecule has 0 fully saturated rings. The second-order valence-corrected chi connectivity index (χ2v) is 4.57. The molecule has 3 nitrogen and oxygen atoms in total.